The molecule has 156 valence electrons. The number of benzene rings is 2. The molecular weight excluding hydrogens is 406 g/mol. The number of aromatic hydroxyl groups is 1. The van der Waals surface area contributed by atoms with E-state index >= 15 is 0 Å². The van der Waals surface area contributed by atoms with Crippen molar-refractivity contribution in [1.82, 2.24) is 4.90 Å². The van der Waals surface area contributed by atoms with E-state index in [1.54, 1.807) is 29.2 Å². The number of phenolic OH excluding ortho intramolecular Hbond substituents is 1. The standard InChI is InChI=1S/C23H22ClNO5/c1-30-18-11-8-14(24)12-17(18)21(27)19-20(13-6-9-16(26)10-7-13)25(23(29)22(19)28)15-4-2-3-5-15/h6-12,15,20,26-27H,2-5H2,1H3/b21-19+. The SMILES string of the molecule is COc1ccc(Cl)cc1/C(O)=C1\C(=O)C(=O)N(C2CCCC2)C1c1ccc(O)cc1. The van der Waals surface area contributed by atoms with Crippen LogP contribution in [0.1, 0.15) is 42.9 Å². The van der Waals surface area contributed by atoms with E-state index in [1.807, 2.05) is 0 Å². The van der Waals surface area contributed by atoms with E-state index in [0.29, 0.717) is 16.3 Å². The molecule has 2 N–H and O–H groups in total. The van der Waals surface area contributed by atoms with Crippen molar-refractivity contribution < 1.29 is 24.5 Å². The van der Waals surface area contributed by atoms with Gasteiger partial charge in [0.15, 0.2) is 0 Å². The van der Waals surface area contributed by atoms with Crippen LogP contribution in [0.4, 0.5) is 0 Å². The summed E-state index contributed by atoms with van der Waals surface area (Å²) in [4.78, 5) is 27.7. The Balaban J connectivity index is 1.92. The highest BCUT2D eigenvalue weighted by Gasteiger charge is 2.49. The normalized spacial score (nSPS) is 21.4. The van der Waals surface area contributed by atoms with Crippen LogP contribution in [-0.2, 0) is 9.59 Å². The fourth-order valence-corrected chi connectivity index (χ4v) is 4.58. The fourth-order valence-electron chi connectivity index (χ4n) is 4.40. The lowest BCUT2D eigenvalue weighted by molar-refractivity contribution is -0.141. The number of carbonyl (C=O) groups excluding carboxylic acids is 2. The molecule has 1 atom stereocenters. The van der Waals surface area contributed by atoms with Crippen LogP contribution in [0.15, 0.2) is 48.0 Å². The van der Waals surface area contributed by atoms with Gasteiger partial charge in [-0.1, -0.05) is 36.6 Å². The maximum absolute atomic E-state index is 13.1. The molecule has 7 heteroatoms. The number of hydrogen-bond donors (Lipinski definition) is 2. The summed E-state index contributed by atoms with van der Waals surface area (Å²) in [6, 6.07) is 10.2. The number of halogens is 1. The molecule has 1 saturated heterocycles. The van der Waals surface area contributed by atoms with E-state index in [2.05, 4.69) is 0 Å². The monoisotopic (exact) mass is 427 g/mol. The number of ketones is 1. The van der Waals surface area contributed by atoms with Gasteiger partial charge in [-0.3, -0.25) is 9.59 Å². The molecule has 0 spiro atoms. The molecule has 0 aromatic heterocycles. The predicted molar refractivity (Wildman–Crippen MR) is 113 cm³/mol. The van der Waals surface area contributed by atoms with Gasteiger partial charge < -0.3 is 19.8 Å². The summed E-state index contributed by atoms with van der Waals surface area (Å²) in [5, 5.41) is 21.2. The number of ether oxygens (including phenoxy) is 1. The van der Waals surface area contributed by atoms with Crippen LogP contribution < -0.4 is 4.74 Å². The zero-order valence-corrected chi connectivity index (χ0v) is 17.2. The highest BCUT2D eigenvalue weighted by Crippen LogP contribution is 2.44. The second-order valence-corrected chi connectivity index (χ2v) is 8.02. The fraction of sp³-hybridized carbons (Fsp3) is 0.304. The molecule has 1 unspecified atom stereocenters. The first-order valence-corrected chi connectivity index (χ1v) is 10.2. The Morgan fingerprint density at radius 1 is 1.10 bits per heavy atom. The molecule has 2 fully saturated rings. The molecule has 1 aliphatic heterocycles. The minimum atomic E-state index is -0.752. The molecule has 1 aliphatic carbocycles. The first-order valence-electron chi connectivity index (χ1n) is 9.85. The number of Topliss-reactive ketones (excluding diaryl/α,β-unsaturated/α-hetero) is 1. The molecule has 1 heterocycles. The Hall–Kier alpha value is -2.99. The molecule has 4 rings (SSSR count). The van der Waals surface area contributed by atoms with Crippen LogP contribution in [0, 0.1) is 0 Å². The largest absolute Gasteiger partial charge is 0.508 e. The zero-order valence-electron chi connectivity index (χ0n) is 16.5. The van der Waals surface area contributed by atoms with Crippen molar-refractivity contribution in [3.63, 3.8) is 0 Å². The average Bonchev–Trinajstić information content (AvgIpc) is 3.35. The summed E-state index contributed by atoms with van der Waals surface area (Å²) in [6.07, 6.45) is 3.58. The van der Waals surface area contributed by atoms with Gasteiger partial charge in [0.2, 0.25) is 0 Å². The van der Waals surface area contributed by atoms with Gasteiger partial charge in [-0.2, -0.15) is 0 Å². The van der Waals surface area contributed by atoms with Gasteiger partial charge in [0.05, 0.1) is 24.3 Å². The molecule has 2 aromatic rings. The van der Waals surface area contributed by atoms with Crippen LogP contribution in [0.5, 0.6) is 11.5 Å². The first-order chi connectivity index (χ1) is 14.4. The molecule has 2 aliphatic rings. The van der Waals surface area contributed by atoms with Crippen molar-refractivity contribution in [2.24, 2.45) is 0 Å². The minimum Gasteiger partial charge on any atom is -0.508 e. The van der Waals surface area contributed by atoms with Crippen molar-refractivity contribution >= 4 is 29.1 Å². The lowest BCUT2D eigenvalue weighted by Gasteiger charge is -2.30. The number of phenols is 1. The van der Waals surface area contributed by atoms with Gasteiger partial charge in [0.25, 0.3) is 11.7 Å². The zero-order chi connectivity index (χ0) is 21.4. The van der Waals surface area contributed by atoms with Crippen LogP contribution in [0.3, 0.4) is 0 Å². The number of rotatable bonds is 4. The quantitative estimate of drug-likeness (QED) is 0.428. The third kappa shape index (κ3) is 3.41. The second-order valence-electron chi connectivity index (χ2n) is 7.58. The molecule has 0 radical (unpaired) electrons. The van der Waals surface area contributed by atoms with Gasteiger partial charge in [-0.25, -0.2) is 0 Å². The molecule has 1 saturated carbocycles. The Bertz CT molecular complexity index is 1020. The third-order valence-corrected chi connectivity index (χ3v) is 6.06. The topological polar surface area (TPSA) is 87.1 Å². The van der Waals surface area contributed by atoms with Crippen molar-refractivity contribution in [3.05, 3.63) is 64.2 Å². The van der Waals surface area contributed by atoms with E-state index in [9.17, 15) is 19.8 Å². The summed E-state index contributed by atoms with van der Waals surface area (Å²) in [7, 11) is 1.45. The van der Waals surface area contributed by atoms with Crippen LogP contribution >= 0.6 is 11.6 Å². The number of aliphatic hydroxyl groups excluding tert-OH is 1. The maximum Gasteiger partial charge on any atom is 0.295 e. The number of aliphatic hydroxyl groups is 1. The minimum absolute atomic E-state index is 0.00171. The number of carbonyl (C=O) groups is 2. The summed E-state index contributed by atoms with van der Waals surface area (Å²) in [5.41, 5.74) is 0.887. The van der Waals surface area contributed by atoms with Crippen molar-refractivity contribution in [2.75, 3.05) is 7.11 Å². The van der Waals surface area contributed by atoms with E-state index in [0.717, 1.165) is 25.7 Å². The number of nitrogens with zero attached hydrogens (tertiary/aromatic N) is 1. The van der Waals surface area contributed by atoms with Crippen molar-refractivity contribution in [1.29, 1.82) is 0 Å². The van der Waals surface area contributed by atoms with E-state index in [1.165, 1.54) is 25.3 Å². The van der Waals surface area contributed by atoms with Crippen molar-refractivity contribution in [2.45, 2.75) is 37.8 Å². The van der Waals surface area contributed by atoms with E-state index in [4.69, 9.17) is 16.3 Å². The summed E-state index contributed by atoms with van der Waals surface area (Å²) in [6.45, 7) is 0. The van der Waals surface area contributed by atoms with E-state index < -0.39 is 17.7 Å². The van der Waals surface area contributed by atoms with Gasteiger partial charge in [0.1, 0.15) is 17.3 Å². The summed E-state index contributed by atoms with van der Waals surface area (Å²) < 4.78 is 5.33. The van der Waals surface area contributed by atoms with Crippen LogP contribution in [-0.4, -0.2) is 40.0 Å². The second kappa shape index (κ2) is 8.03. The Morgan fingerprint density at radius 3 is 2.40 bits per heavy atom. The highest BCUT2D eigenvalue weighted by molar-refractivity contribution is 6.46. The predicted octanol–water partition coefficient (Wildman–Crippen LogP) is 4.42. The molecular formula is C23H22ClNO5. The third-order valence-electron chi connectivity index (χ3n) is 5.82. The molecule has 6 nitrogen and oxygen atoms in total. The van der Waals surface area contributed by atoms with Gasteiger partial charge in [0, 0.05) is 11.1 Å². The average molecular weight is 428 g/mol. The first kappa shape index (κ1) is 20.3. The van der Waals surface area contributed by atoms with E-state index in [-0.39, 0.29) is 28.7 Å². The Labute approximate surface area is 179 Å². The number of amides is 1. The lowest BCUT2D eigenvalue weighted by atomic mass is 9.94. The maximum atomic E-state index is 13.1. The lowest BCUT2D eigenvalue weighted by Crippen LogP contribution is -2.37. The van der Waals surface area contributed by atoms with Gasteiger partial charge >= 0.3 is 0 Å². The van der Waals surface area contributed by atoms with Gasteiger partial charge in [-0.05, 0) is 48.7 Å². The number of hydrogen-bond acceptors (Lipinski definition) is 5. The molecule has 2 aromatic carbocycles. The number of methoxy groups -OCH3 is 1. The summed E-state index contributed by atoms with van der Waals surface area (Å²) >= 11 is 6.11. The highest BCUT2D eigenvalue weighted by atomic mass is 35.5. The van der Waals surface area contributed by atoms with Gasteiger partial charge in [-0.15, -0.1) is 0 Å². The summed E-state index contributed by atoms with van der Waals surface area (Å²) in [5.74, 6) is -1.27. The molecule has 0 bridgehead atoms. The Kier molecular flexibility index (Phi) is 5.43. The Morgan fingerprint density at radius 2 is 1.77 bits per heavy atom. The number of likely N-dealkylation sites (tertiary alicyclic amines) is 1. The molecule has 30 heavy (non-hydrogen) atoms. The molecule has 1 amide bonds. The smallest absolute Gasteiger partial charge is 0.295 e. The van der Waals surface area contributed by atoms with Crippen LogP contribution in [0.2, 0.25) is 5.02 Å². The van der Waals surface area contributed by atoms with Crippen molar-refractivity contribution in [3.8, 4) is 11.5 Å². The van der Waals surface area contributed by atoms with Crippen LogP contribution in [0.25, 0.3) is 5.76 Å².